The Morgan fingerprint density at radius 1 is 1.25 bits per heavy atom. The van der Waals surface area contributed by atoms with Gasteiger partial charge in [-0.1, -0.05) is 6.07 Å². The third-order valence-electron chi connectivity index (χ3n) is 3.99. The highest BCUT2D eigenvalue weighted by Gasteiger charge is 2.30. The van der Waals surface area contributed by atoms with Crippen molar-refractivity contribution in [1.82, 2.24) is 10.3 Å². The topological polar surface area (TPSA) is 229 Å². The number of aliphatic imine (C=N–C) groups is 1. The number of anilines is 4. The van der Waals surface area contributed by atoms with E-state index in [1.807, 2.05) is 6.07 Å². The van der Waals surface area contributed by atoms with E-state index >= 15 is 0 Å². The van der Waals surface area contributed by atoms with E-state index in [1.165, 1.54) is 12.1 Å². The fourth-order valence-corrected chi connectivity index (χ4v) is 3.39. The second-order valence-corrected chi connectivity index (χ2v) is 7.06. The Kier molecular flexibility index (Phi) is 4.40. The average Bonchev–Trinajstić information content (AvgIpc) is 2.60. The zero-order valence-corrected chi connectivity index (χ0v) is 14.8. The fourth-order valence-electron chi connectivity index (χ4n) is 2.79. The molecule has 9 N–H and O–H groups in total. The smallest absolute Gasteiger partial charge is 0.296 e. The minimum Gasteiger partial charge on any atom is -0.398 e. The van der Waals surface area contributed by atoms with Crippen molar-refractivity contribution in [2.45, 2.75) is 10.9 Å². The number of nitrogen functional groups attached to an aromatic ring is 3. The number of nitrogens with two attached hydrogens (primary N) is 3. The summed E-state index contributed by atoms with van der Waals surface area (Å²) in [6, 6.07) is 4.76. The molecule has 12 nitrogen and oxygen atoms in total. The average molecular weight is 399 g/mol. The maximum absolute atomic E-state index is 11.4. The fraction of sp³-hybridized carbons (Fsp3) is 0.0667. The molecule has 1 aliphatic heterocycles. The Bertz CT molecular complexity index is 1210. The summed E-state index contributed by atoms with van der Waals surface area (Å²) in [4.78, 5) is 7.95. The SMILES string of the molecule is N#CNC1=NC(c2ccc(S(=O)(=O)O)c(N)c2)c2c(nc(N)c(C#N)c2N)N1. The van der Waals surface area contributed by atoms with Crippen LogP contribution in [0, 0.1) is 22.8 Å². The number of guanidine groups is 1. The van der Waals surface area contributed by atoms with Gasteiger partial charge in [0.1, 0.15) is 34.2 Å². The number of nitriles is 2. The summed E-state index contributed by atoms with van der Waals surface area (Å²) in [6.07, 6.45) is 1.71. The highest BCUT2D eigenvalue weighted by molar-refractivity contribution is 7.86. The summed E-state index contributed by atoms with van der Waals surface area (Å²) >= 11 is 0. The molecule has 0 bridgehead atoms. The van der Waals surface area contributed by atoms with Crippen LogP contribution in [0.15, 0.2) is 28.1 Å². The van der Waals surface area contributed by atoms with Gasteiger partial charge in [0.2, 0.25) is 5.96 Å². The molecular weight excluding hydrogens is 386 g/mol. The number of hydrogen-bond donors (Lipinski definition) is 6. The lowest BCUT2D eigenvalue weighted by atomic mass is 9.95. The van der Waals surface area contributed by atoms with Gasteiger partial charge in [0, 0.05) is 5.56 Å². The summed E-state index contributed by atoms with van der Waals surface area (Å²) in [5.74, 6) is 0.0991. The summed E-state index contributed by atoms with van der Waals surface area (Å²) in [6.45, 7) is 0. The maximum atomic E-state index is 11.4. The lowest BCUT2D eigenvalue weighted by Gasteiger charge is -2.26. The summed E-state index contributed by atoms with van der Waals surface area (Å²) in [5.41, 5.74) is 18.1. The molecule has 0 saturated carbocycles. The van der Waals surface area contributed by atoms with Gasteiger partial charge in [-0.15, -0.1) is 0 Å². The largest absolute Gasteiger partial charge is 0.398 e. The number of pyridine rings is 1. The van der Waals surface area contributed by atoms with Crippen LogP contribution in [-0.2, 0) is 10.1 Å². The molecule has 0 aliphatic carbocycles. The van der Waals surface area contributed by atoms with Crippen LogP contribution >= 0.6 is 0 Å². The summed E-state index contributed by atoms with van der Waals surface area (Å²) < 4.78 is 31.9. The number of rotatable bonds is 2. The third kappa shape index (κ3) is 3.07. The van der Waals surface area contributed by atoms with E-state index in [9.17, 15) is 18.2 Å². The van der Waals surface area contributed by atoms with Crippen LogP contribution in [0.25, 0.3) is 0 Å². The molecule has 2 heterocycles. The van der Waals surface area contributed by atoms with Crippen LogP contribution in [0.1, 0.15) is 22.7 Å². The molecule has 1 aromatic carbocycles. The van der Waals surface area contributed by atoms with Gasteiger partial charge in [-0.2, -0.15) is 18.9 Å². The van der Waals surface area contributed by atoms with Crippen LogP contribution in [0.5, 0.6) is 0 Å². The van der Waals surface area contributed by atoms with E-state index in [4.69, 9.17) is 22.5 Å². The van der Waals surface area contributed by atoms with Gasteiger partial charge in [0.05, 0.1) is 11.4 Å². The maximum Gasteiger partial charge on any atom is 0.296 e. The van der Waals surface area contributed by atoms with Gasteiger partial charge in [-0.25, -0.2) is 9.98 Å². The molecule has 0 radical (unpaired) electrons. The predicted octanol–water partition coefficient (Wildman–Crippen LogP) is -0.112. The predicted molar refractivity (Wildman–Crippen MR) is 100 cm³/mol. The molecule has 1 unspecified atom stereocenters. The standard InChI is InChI=1S/C15H13N9O3S/c16-4-7-11(19)10-12(6-1-2-9(8(18)3-6)28(25,26)27)22-15(21-5-17)24-14(10)23-13(7)20/h1-3,12H,18H2,(H,25,26,27)(H6,19,20,21,22,23,24). The van der Waals surface area contributed by atoms with Crippen molar-refractivity contribution >= 4 is 39.1 Å². The first kappa shape index (κ1) is 18.7. The quantitative estimate of drug-likeness (QED) is 0.169. The molecule has 13 heteroatoms. The Labute approximate surface area is 159 Å². The first-order valence-electron chi connectivity index (χ1n) is 7.53. The minimum absolute atomic E-state index is 0.0275. The van der Waals surface area contributed by atoms with Gasteiger partial charge >= 0.3 is 0 Å². The molecule has 0 saturated heterocycles. The van der Waals surface area contributed by atoms with E-state index in [0.29, 0.717) is 11.1 Å². The molecule has 0 amide bonds. The molecule has 142 valence electrons. The van der Waals surface area contributed by atoms with Crippen molar-refractivity contribution in [3.63, 3.8) is 0 Å². The molecule has 1 atom stereocenters. The number of benzene rings is 1. The second kappa shape index (κ2) is 6.58. The Hall–Kier alpha value is -4.07. The van der Waals surface area contributed by atoms with Crippen molar-refractivity contribution in [3.05, 3.63) is 34.9 Å². The summed E-state index contributed by atoms with van der Waals surface area (Å²) in [7, 11) is -4.51. The Morgan fingerprint density at radius 3 is 2.54 bits per heavy atom. The van der Waals surface area contributed by atoms with Crippen molar-refractivity contribution in [2.75, 3.05) is 22.5 Å². The molecule has 1 aliphatic rings. The minimum atomic E-state index is -4.51. The second-order valence-electron chi connectivity index (χ2n) is 5.67. The van der Waals surface area contributed by atoms with Crippen molar-refractivity contribution in [1.29, 1.82) is 10.5 Å². The molecule has 0 spiro atoms. The number of nitrogens with zero attached hydrogens (tertiary/aromatic N) is 4. The summed E-state index contributed by atoms with van der Waals surface area (Å²) in [5, 5.41) is 23.2. The normalized spacial score (nSPS) is 15.4. The van der Waals surface area contributed by atoms with Crippen LogP contribution in [0.3, 0.4) is 0 Å². The van der Waals surface area contributed by atoms with E-state index in [0.717, 1.165) is 6.07 Å². The highest BCUT2D eigenvalue weighted by Crippen LogP contribution is 2.41. The van der Waals surface area contributed by atoms with Gasteiger partial charge in [-0.05, 0) is 17.7 Å². The molecular formula is C15H13N9O3S. The van der Waals surface area contributed by atoms with E-state index in [1.54, 1.807) is 6.19 Å². The lowest BCUT2D eigenvalue weighted by Crippen LogP contribution is -2.32. The van der Waals surface area contributed by atoms with Crippen molar-refractivity contribution in [2.24, 2.45) is 4.99 Å². The van der Waals surface area contributed by atoms with Gasteiger partial charge < -0.3 is 22.5 Å². The van der Waals surface area contributed by atoms with Crippen LogP contribution in [0.2, 0.25) is 0 Å². The monoisotopic (exact) mass is 399 g/mol. The van der Waals surface area contributed by atoms with Crippen molar-refractivity contribution in [3.8, 4) is 12.3 Å². The zero-order valence-electron chi connectivity index (χ0n) is 14.0. The Balaban J connectivity index is 2.25. The van der Waals surface area contributed by atoms with E-state index in [2.05, 4.69) is 20.6 Å². The zero-order chi connectivity index (χ0) is 20.6. The number of fused-ring (bicyclic) bond motifs is 1. The van der Waals surface area contributed by atoms with Crippen LogP contribution in [-0.4, -0.2) is 23.9 Å². The third-order valence-corrected chi connectivity index (χ3v) is 4.91. The lowest BCUT2D eigenvalue weighted by molar-refractivity contribution is 0.483. The number of aromatic nitrogens is 1. The number of hydrogen-bond acceptors (Lipinski definition) is 11. The van der Waals surface area contributed by atoms with Gasteiger partial charge in [0.15, 0.2) is 6.19 Å². The first-order chi connectivity index (χ1) is 13.2. The van der Waals surface area contributed by atoms with Crippen LogP contribution < -0.4 is 27.8 Å². The Morgan fingerprint density at radius 2 is 1.96 bits per heavy atom. The molecule has 2 aromatic rings. The van der Waals surface area contributed by atoms with E-state index in [-0.39, 0.29) is 34.5 Å². The van der Waals surface area contributed by atoms with Gasteiger partial charge in [0.25, 0.3) is 10.1 Å². The molecule has 1 aromatic heterocycles. The first-order valence-corrected chi connectivity index (χ1v) is 8.97. The van der Waals surface area contributed by atoms with Crippen LogP contribution in [0.4, 0.5) is 23.0 Å². The highest BCUT2D eigenvalue weighted by atomic mass is 32.2. The molecule has 3 rings (SSSR count). The molecule has 0 fully saturated rings. The van der Waals surface area contributed by atoms with E-state index < -0.39 is 21.1 Å². The molecule has 28 heavy (non-hydrogen) atoms. The number of nitrogens with one attached hydrogen (secondary N) is 2. The van der Waals surface area contributed by atoms with Gasteiger partial charge in [-0.3, -0.25) is 9.87 Å². The van der Waals surface area contributed by atoms with Crippen molar-refractivity contribution < 1.29 is 13.0 Å².